The van der Waals surface area contributed by atoms with Crippen LogP contribution in [-0.4, -0.2) is 21.5 Å². The van der Waals surface area contributed by atoms with Crippen molar-refractivity contribution in [2.45, 2.75) is 22.1 Å². The molecular weight excluding hydrogens is 538 g/mol. The Morgan fingerprint density at radius 2 is 1.62 bits per heavy atom. The second kappa shape index (κ2) is 10.5. The molecule has 0 spiro atoms. The number of nitrogen functional groups attached to an aromatic ring is 1. The van der Waals surface area contributed by atoms with Crippen LogP contribution in [-0.2, 0) is 6.42 Å². The van der Waals surface area contributed by atoms with Gasteiger partial charge in [-0.1, -0.05) is 84.0 Å². The molecule has 3 heterocycles. The number of carbonyl (C=O) groups excluding carboxylic acids is 1. The zero-order valence-electron chi connectivity index (χ0n) is 19.6. The van der Waals surface area contributed by atoms with E-state index < -0.39 is 0 Å². The zero-order valence-corrected chi connectivity index (χ0v) is 22.8. The number of nitrogens with two attached hydrogens (primary N) is 1. The molecule has 1 aliphatic rings. The van der Waals surface area contributed by atoms with Gasteiger partial charge in [0.15, 0.2) is 10.9 Å². The van der Waals surface area contributed by atoms with E-state index in [9.17, 15) is 4.79 Å². The Morgan fingerprint density at radius 3 is 2.32 bits per heavy atom. The second-order valence-corrected chi connectivity index (χ2v) is 12.5. The number of nitrogens with zero attached hydrogens (tertiary/aromatic N) is 2. The Morgan fingerprint density at radius 1 is 0.946 bits per heavy atom. The first kappa shape index (κ1) is 24.5. The van der Waals surface area contributed by atoms with Crippen LogP contribution < -0.4 is 5.73 Å². The number of hydrogen-bond donors (Lipinski definition) is 1. The molecule has 4 nitrogen and oxygen atoms in total. The van der Waals surface area contributed by atoms with Crippen LogP contribution >= 0.6 is 46.5 Å². The molecule has 2 aromatic heterocycles. The lowest BCUT2D eigenvalue weighted by atomic mass is 9.98. The predicted molar refractivity (Wildman–Crippen MR) is 157 cm³/mol. The molecule has 0 unspecified atom stereocenters. The van der Waals surface area contributed by atoms with Crippen LogP contribution in [0.4, 0.5) is 5.82 Å². The fourth-order valence-electron chi connectivity index (χ4n) is 4.59. The molecule has 184 valence electrons. The SMILES string of the molecule is Nc1nc(SCC(=O)c2ccc(Cl)cc2)nc2sc3c(c12)C[C@H](c1ccccc1)S[C@H]3c1ccccc1. The van der Waals surface area contributed by atoms with Gasteiger partial charge in [0.05, 0.1) is 16.4 Å². The molecule has 0 amide bonds. The van der Waals surface area contributed by atoms with Crippen LogP contribution in [0.3, 0.4) is 0 Å². The second-order valence-electron chi connectivity index (χ2n) is 8.77. The molecule has 2 N–H and O–H groups in total. The van der Waals surface area contributed by atoms with E-state index in [0.29, 0.717) is 26.8 Å². The van der Waals surface area contributed by atoms with Gasteiger partial charge in [-0.25, -0.2) is 9.97 Å². The largest absolute Gasteiger partial charge is 0.383 e. The summed E-state index contributed by atoms with van der Waals surface area (Å²) in [5, 5.41) is 2.58. The maximum atomic E-state index is 12.7. The molecule has 0 aliphatic carbocycles. The zero-order chi connectivity index (χ0) is 25.4. The monoisotopic (exact) mass is 559 g/mol. The Labute approximate surface area is 232 Å². The molecule has 6 rings (SSSR count). The van der Waals surface area contributed by atoms with E-state index >= 15 is 0 Å². The molecular formula is C29H22ClN3OS3. The van der Waals surface area contributed by atoms with Gasteiger partial charge < -0.3 is 5.73 Å². The van der Waals surface area contributed by atoms with E-state index in [1.807, 2.05) is 11.8 Å². The first-order valence-corrected chi connectivity index (χ1v) is 14.9. The highest BCUT2D eigenvalue weighted by Gasteiger charge is 2.34. The molecule has 0 saturated heterocycles. The molecule has 3 aromatic carbocycles. The van der Waals surface area contributed by atoms with Crippen LogP contribution in [0.15, 0.2) is 90.1 Å². The number of aromatic nitrogens is 2. The molecule has 0 saturated carbocycles. The first-order chi connectivity index (χ1) is 18.1. The van der Waals surface area contributed by atoms with Crippen molar-refractivity contribution in [3.63, 3.8) is 0 Å². The number of hydrogen-bond acceptors (Lipinski definition) is 7. The third kappa shape index (κ3) is 5.01. The van der Waals surface area contributed by atoms with E-state index in [2.05, 4.69) is 65.6 Å². The van der Waals surface area contributed by atoms with Gasteiger partial charge in [-0.15, -0.1) is 23.1 Å². The summed E-state index contributed by atoms with van der Waals surface area (Å²) in [6.07, 6.45) is 0.877. The van der Waals surface area contributed by atoms with E-state index in [0.717, 1.165) is 16.6 Å². The summed E-state index contributed by atoms with van der Waals surface area (Å²) in [6.45, 7) is 0. The van der Waals surface area contributed by atoms with Gasteiger partial charge in [-0.2, -0.15) is 0 Å². The van der Waals surface area contributed by atoms with Crippen molar-refractivity contribution in [1.82, 2.24) is 9.97 Å². The summed E-state index contributed by atoms with van der Waals surface area (Å²) in [5.41, 5.74) is 11.0. The number of rotatable bonds is 6. The molecule has 1 aliphatic heterocycles. The van der Waals surface area contributed by atoms with E-state index in [1.165, 1.54) is 33.3 Å². The number of thioether (sulfide) groups is 2. The molecule has 0 fully saturated rings. The normalized spacial score (nSPS) is 17.0. The fraction of sp³-hybridized carbons (Fsp3) is 0.138. The number of anilines is 1. The molecule has 5 aromatic rings. The van der Waals surface area contributed by atoms with Crippen molar-refractivity contribution in [3.8, 4) is 0 Å². The maximum absolute atomic E-state index is 12.7. The molecule has 0 bridgehead atoms. The number of Topliss-reactive ketones (excluding diaryl/α,β-unsaturated/α-hetero) is 1. The number of halogens is 1. The van der Waals surface area contributed by atoms with Crippen molar-refractivity contribution < 1.29 is 4.79 Å². The predicted octanol–water partition coefficient (Wildman–Crippen LogP) is 8.02. The summed E-state index contributed by atoms with van der Waals surface area (Å²) >= 11 is 10.9. The number of ketones is 1. The lowest BCUT2D eigenvalue weighted by Gasteiger charge is -2.30. The number of thiophene rings is 1. The highest BCUT2D eigenvalue weighted by atomic mass is 35.5. The van der Waals surface area contributed by atoms with Crippen LogP contribution in [0.1, 0.15) is 42.4 Å². The number of benzene rings is 3. The van der Waals surface area contributed by atoms with Crippen LogP contribution in [0, 0.1) is 0 Å². The van der Waals surface area contributed by atoms with Crippen molar-refractivity contribution in [2.24, 2.45) is 0 Å². The summed E-state index contributed by atoms with van der Waals surface area (Å²) in [6, 6.07) is 28.2. The van der Waals surface area contributed by atoms with E-state index in [1.54, 1.807) is 35.6 Å². The van der Waals surface area contributed by atoms with Gasteiger partial charge in [0.1, 0.15) is 10.6 Å². The topological polar surface area (TPSA) is 68.9 Å². The number of fused-ring (bicyclic) bond motifs is 3. The van der Waals surface area contributed by atoms with Gasteiger partial charge in [0, 0.05) is 20.7 Å². The quantitative estimate of drug-likeness (QED) is 0.129. The van der Waals surface area contributed by atoms with Gasteiger partial charge in [0.2, 0.25) is 0 Å². The van der Waals surface area contributed by atoms with Crippen LogP contribution in [0.2, 0.25) is 5.02 Å². The highest BCUT2D eigenvalue weighted by Crippen LogP contribution is 2.55. The molecule has 2 atom stereocenters. The standard InChI is InChI=1S/C29H22ClN3OS3/c30-20-13-11-17(12-14-20)22(34)16-35-29-32-27(31)24-21-15-23(18-7-3-1-4-8-18)36-25(19-9-5-2-6-10-19)26(21)37-28(24)33-29/h1-14,23,25H,15-16H2,(H2,31,32,33)/t23-,25+/m1/s1. The Balaban J connectivity index is 1.35. The minimum Gasteiger partial charge on any atom is -0.383 e. The summed E-state index contributed by atoms with van der Waals surface area (Å²) < 4.78 is 0. The van der Waals surface area contributed by atoms with Crippen LogP contribution in [0.25, 0.3) is 10.2 Å². The molecule has 0 radical (unpaired) electrons. The average Bonchev–Trinajstić information content (AvgIpc) is 3.31. The van der Waals surface area contributed by atoms with Gasteiger partial charge in [-0.05, 0) is 47.4 Å². The van der Waals surface area contributed by atoms with Crippen molar-refractivity contribution >= 4 is 68.3 Å². The first-order valence-electron chi connectivity index (χ1n) is 11.8. The lowest BCUT2D eigenvalue weighted by Crippen LogP contribution is -2.12. The van der Waals surface area contributed by atoms with Crippen molar-refractivity contribution in [3.05, 3.63) is 117 Å². The lowest BCUT2D eigenvalue weighted by molar-refractivity contribution is 0.102. The minimum absolute atomic E-state index is 0.000605. The van der Waals surface area contributed by atoms with Gasteiger partial charge in [-0.3, -0.25) is 4.79 Å². The van der Waals surface area contributed by atoms with Crippen molar-refractivity contribution in [1.29, 1.82) is 0 Å². The Hall–Kier alpha value is -2.84. The smallest absolute Gasteiger partial charge is 0.191 e. The van der Waals surface area contributed by atoms with E-state index in [-0.39, 0.29) is 16.8 Å². The Kier molecular flexibility index (Phi) is 6.95. The molecule has 37 heavy (non-hydrogen) atoms. The summed E-state index contributed by atoms with van der Waals surface area (Å²) in [4.78, 5) is 24.3. The van der Waals surface area contributed by atoms with Gasteiger partial charge in [0.25, 0.3) is 0 Å². The minimum atomic E-state index is 0.000605. The highest BCUT2D eigenvalue weighted by molar-refractivity contribution is 8.00. The summed E-state index contributed by atoms with van der Waals surface area (Å²) in [7, 11) is 0. The fourth-order valence-corrected chi connectivity index (χ4v) is 8.54. The number of carbonyl (C=O) groups is 1. The van der Waals surface area contributed by atoms with Crippen molar-refractivity contribution in [2.75, 3.05) is 11.5 Å². The third-order valence-electron chi connectivity index (χ3n) is 6.39. The molecule has 8 heteroatoms. The Bertz CT molecular complexity index is 1570. The van der Waals surface area contributed by atoms with E-state index in [4.69, 9.17) is 22.3 Å². The average molecular weight is 560 g/mol. The maximum Gasteiger partial charge on any atom is 0.191 e. The van der Waals surface area contributed by atoms with Crippen LogP contribution in [0.5, 0.6) is 0 Å². The van der Waals surface area contributed by atoms with Gasteiger partial charge >= 0.3 is 0 Å². The third-order valence-corrected chi connectivity index (χ3v) is 10.4. The summed E-state index contributed by atoms with van der Waals surface area (Å²) in [5.74, 6) is 0.714.